The van der Waals surface area contributed by atoms with Gasteiger partial charge >= 0.3 is 0 Å². The van der Waals surface area contributed by atoms with Crippen LogP contribution in [0.25, 0.3) is 11.3 Å². The summed E-state index contributed by atoms with van der Waals surface area (Å²) < 4.78 is 20.9. The van der Waals surface area contributed by atoms with Crippen LogP contribution in [0.5, 0.6) is 5.75 Å². The van der Waals surface area contributed by atoms with Gasteiger partial charge in [0.15, 0.2) is 0 Å². The van der Waals surface area contributed by atoms with Crippen LogP contribution in [-0.4, -0.2) is 11.7 Å². The Bertz CT molecular complexity index is 658. The van der Waals surface area contributed by atoms with Crippen molar-refractivity contribution in [1.82, 2.24) is 4.57 Å². The smallest absolute Gasteiger partial charge is 0.207 e. The zero-order chi connectivity index (χ0) is 13.3. The van der Waals surface area contributed by atoms with Gasteiger partial charge in [-0.1, -0.05) is 11.8 Å². The Hall–Kier alpha value is -0.266. The molecule has 1 heterocycles. The Kier molecular flexibility index (Phi) is 6.14. The second kappa shape index (κ2) is 6.95. The minimum Gasteiger partial charge on any atom is -0.509 e. The van der Waals surface area contributed by atoms with Crippen molar-refractivity contribution in [1.29, 1.82) is 0 Å². The van der Waals surface area contributed by atoms with Gasteiger partial charge in [-0.25, -0.2) is 4.39 Å². The molecule has 3 nitrogen and oxygen atoms in total. The zero-order valence-corrected chi connectivity index (χ0v) is 15.4. The Morgan fingerprint density at radius 2 is 2.11 bits per heavy atom. The largest absolute Gasteiger partial charge is 0.509 e. The summed E-state index contributed by atoms with van der Waals surface area (Å²) in [5.41, 5.74) is 0.432. The molecule has 1 aromatic heterocycles. The van der Waals surface area contributed by atoms with E-state index in [1.54, 1.807) is 25.2 Å². The molecule has 0 atom stereocenters. The van der Waals surface area contributed by atoms with Crippen molar-refractivity contribution >= 4 is 22.6 Å². The number of aromatic nitrogens is 1. The summed E-state index contributed by atoms with van der Waals surface area (Å²) in [6.07, 6.45) is 0. The van der Waals surface area contributed by atoms with E-state index in [1.807, 2.05) is 22.6 Å². The van der Waals surface area contributed by atoms with Gasteiger partial charge in [0.25, 0.3) is 0 Å². The van der Waals surface area contributed by atoms with E-state index in [1.165, 1.54) is 17.7 Å². The minimum atomic E-state index is -0.443. The molecule has 1 aromatic carbocycles. The van der Waals surface area contributed by atoms with Crippen LogP contribution in [-0.2, 0) is 39.8 Å². The topological polar surface area (TPSA) is 31.2 Å². The molecule has 0 amide bonds. The van der Waals surface area contributed by atoms with E-state index in [0.29, 0.717) is 15.0 Å². The van der Waals surface area contributed by atoms with Crippen LogP contribution >= 0.6 is 22.6 Å². The van der Waals surface area contributed by atoms with Crippen molar-refractivity contribution in [3.63, 3.8) is 0 Å². The van der Waals surface area contributed by atoms with Gasteiger partial charge < -0.3 is 9.30 Å². The van der Waals surface area contributed by atoms with Crippen LogP contribution in [0.2, 0.25) is 0 Å². The second-order valence-electron chi connectivity index (χ2n) is 3.67. The fraction of sp³-hybridized carbons (Fsp3) is 0.154. The van der Waals surface area contributed by atoms with Crippen LogP contribution in [0, 0.1) is 15.5 Å². The van der Waals surface area contributed by atoms with E-state index in [9.17, 15) is 9.18 Å². The van der Waals surface area contributed by atoms with Crippen molar-refractivity contribution < 1.29 is 41.8 Å². The predicted octanol–water partition coefficient (Wildman–Crippen LogP) is 2.60. The number of nitrogens with zero attached hydrogens (tertiary/aromatic N) is 1. The Morgan fingerprint density at radius 3 is 2.74 bits per heavy atom. The average molecular weight is 447 g/mol. The molecule has 0 aliphatic rings. The molecular formula is C13H10FINO2Y-. The number of rotatable bonds is 2. The molecule has 6 heteroatoms. The van der Waals surface area contributed by atoms with E-state index in [-0.39, 0.29) is 43.8 Å². The Labute approximate surface area is 149 Å². The molecule has 0 fully saturated rings. The number of hydrogen-bond acceptors (Lipinski definition) is 2. The molecule has 0 saturated carbocycles. The summed E-state index contributed by atoms with van der Waals surface area (Å²) >= 11 is 1.92. The third-order valence-electron chi connectivity index (χ3n) is 2.61. The van der Waals surface area contributed by atoms with Crippen molar-refractivity contribution in [2.24, 2.45) is 7.05 Å². The van der Waals surface area contributed by atoms with E-state index in [4.69, 9.17) is 4.74 Å². The van der Waals surface area contributed by atoms with Gasteiger partial charge in [0, 0.05) is 39.8 Å². The standard InChI is InChI=1S/C13H10FINO2.Y/c1-16-10(7-6-9(15)13(16)17)12-8(14)4-3-5-11(12)18-2;/h3-6H,1-2H3;/q-1;. The third-order valence-corrected chi connectivity index (χ3v) is 3.38. The third kappa shape index (κ3) is 3.25. The average Bonchev–Trinajstić information content (AvgIpc) is 2.37. The number of methoxy groups -OCH3 is 1. The summed E-state index contributed by atoms with van der Waals surface area (Å²) in [7, 11) is 3.05. The van der Waals surface area contributed by atoms with Gasteiger partial charge in [0.1, 0.15) is 0 Å². The maximum atomic E-state index is 13.9. The molecule has 97 valence electrons. The SMILES string of the molecule is COc1cccc(F)c1-c1[c-]cc(I)c(=O)n1C.[Y]. The van der Waals surface area contributed by atoms with Crippen molar-refractivity contribution in [2.45, 2.75) is 0 Å². The van der Waals surface area contributed by atoms with E-state index < -0.39 is 5.82 Å². The minimum absolute atomic E-state index is 0. The first-order chi connectivity index (χ1) is 8.56. The van der Waals surface area contributed by atoms with E-state index in [0.717, 1.165) is 0 Å². The summed E-state index contributed by atoms with van der Waals surface area (Å²) in [5, 5.41) is 0. The van der Waals surface area contributed by atoms with Gasteiger partial charge in [-0.2, -0.15) is 12.1 Å². The first kappa shape index (κ1) is 16.8. The maximum Gasteiger partial charge on any atom is 0.207 e. The predicted molar refractivity (Wildman–Crippen MR) is 75.2 cm³/mol. The molecule has 0 aliphatic carbocycles. The van der Waals surface area contributed by atoms with Crippen molar-refractivity contribution in [3.8, 4) is 17.0 Å². The van der Waals surface area contributed by atoms with Gasteiger partial charge in [-0.05, 0) is 21.3 Å². The van der Waals surface area contributed by atoms with Crippen LogP contribution in [0.4, 0.5) is 4.39 Å². The quantitative estimate of drug-likeness (QED) is 0.524. The number of hydrogen-bond donors (Lipinski definition) is 0. The van der Waals surface area contributed by atoms with Gasteiger partial charge in [0.2, 0.25) is 5.56 Å². The molecule has 2 rings (SSSR count). The number of halogens is 2. The Morgan fingerprint density at radius 1 is 1.42 bits per heavy atom. The summed E-state index contributed by atoms with van der Waals surface area (Å²) in [6, 6.07) is 8.99. The van der Waals surface area contributed by atoms with Crippen molar-refractivity contribution in [2.75, 3.05) is 7.11 Å². The summed E-state index contributed by atoms with van der Waals surface area (Å²) in [6.45, 7) is 0. The molecule has 0 N–H and O–H groups in total. The fourth-order valence-corrected chi connectivity index (χ4v) is 2.21. The molecule has 1 radical (unpaired) electrons. The molecule has 0 spiro atoms. The molecule has 0 unspecified atom stereocenters. The van der Waals surface area contributed by atoms with Crippen LogP contribution in [0.3, 0.4) is 0 Å². The summed E-state index contributed by atoms with van der Waals surface area (Å²) in [5.74, 6) is -0.0655. The molecule has 0 bridgehead atoms. The van der Waals surface area contributed by atoms with Crippen LogP contribution < -0.4 is 10.3 Å². The first-order valence-corrected chi connectivity index (χ1v) is 6.24. The van der Waals surface area contributed by atoms with E-state index >= 15 is 0 Å². The number of benzene rings is 1. The molecule has 2 aromatic rings. The zero-order valence-electron chi connectivity index (χ0n) is 10.4. The normalized spacial score (nSPS) is 9.89. The Balaban J connectivity index is 0.00000180. The molecule has 0 saturated heterocycles. The monoisotopic (exact) mass is 447 g/mol. The van der Waals surface area contributed by atoms with E-state index in [2.05, 4.69) is 6.07 Å². The van der Waals surface area contributed by atoms with Crippen LogP contribution in [0.1, 0.15) is 0 Å². The van der Waals surface area contributed by atoms with Gasteiger partial charge in [-0.3, -0.25) is 4.79 Å². The van der Waals surface area contributed by atoms with Gasteiger partial charge in [-0.15, -0.1) is 22.6 Å². The van der Waals surface area contributed by atoms with Crippen LogP contribution in [0.15, 0.2) is 29.1 Å². The second-order valence-corrected chi connectivity index (χ2v) is 4.83. The fourth-order valence-electron chi connectivity index (χ4n) is 1.70. The number of ether oxygens (including phenoxy) is 1. The maximum absolute atomic E-state index is 13.9. The molecular weight excluding hydrogens is 437 g/mol. The molecule has 0 aliphatic heterocycles. The first-order valence-electron chi connectivity index (χ1n) is 5.16. The summed E-state index contributed by atoms with van der Waals surface area (Å²) in [4.78, 5) is 11.8. The number of pyridine rings is 1. The van der Waals surface area contributed by atoms with Crippen molar-refractivity contribution in [3.05, 3.63) is 50.1 Å². The van der Waals surface area contributed by atoms with Gasteiger partial charge in [0.05, 0.1) is 18.7 Å². The molecule has 19 heavy (non-hydrogen) atoms.